The molecule has 2 aliphatic rings. The van der Waals surface area contributed by atoms with E-state index in [2.05, 4.69) is 19.9 Å². The second kappa shape index (κ2) is 12.8. The van der Waals surface area contributed by atoms with Gasteiger partial charge in [-0.3, -0.25) is 0 Å². The zero-order valence-electron chi connectivity index (χ0n) is 18.0. The number of hydrogen-bond donors (Lipinski definition) is 0. The SMILES string of the molecule is CCCCCCC1CCC(OCOC2CCC(C#N)(CCCC)CC2)CC1. The van der Waals surface area contributed by atoms with E-state index in [1.165, 1.54) is 70.6 Å². The Bertz CT molecular complexity index is 415. The lowest BCUT2D eigenvalue weighted by Crippen LogP contribution is -2.31. The first kappa shape index (κ1) is 22.7. The number of unbranched alkanes of at least 4 members (excludes halogenated alkanes) is 4. The molecule has 0 aliphatic heterocycles. The highest BCUT2D eigenvalue weighted by atomic mass is 16.7. The molecule has 0 bridgehead atoms. The van der Waals surface area contributed by atoms with Gasteiger partial charge in [-0.25, -0.2) is 0 Å². The lowest BCUT2D eigenvalue weighted by molar-refractivity contribution is -0.137. The molecule has 0 aromatic heterocycles. The maximum atomic E-state index is 9.59. The van der Waals surface area contributed by atoms with Gasteiger partial charge in [0.15, 0.2) is 0 Å². The van der Waals surface area contributed by atoms with Crippen molar-refractivity contribution in [2.24, 2.45) is 11.3 Å². The van der Waals surface area contributed by atoms with Gasteiger partial charge in [-0.2, -0.15) is 5.26 Å². The molecular weight excluding hydrogens is 334 g/mol. The standard InChI is InChI=1S/C24H43NO2/c1-3-5-7-8-9-21-10-12-22(13-11-21)26-20-27-23-14-17-24(19-25,18-15-23)16-6-4-2/h21-23H,3-18,20H2,1-2H3. The van der Waals surface area contributed by atoms with Gasteiger partial charge < -0.3 is 9.47 Å². The van der Waals surface area contributed by atoms with Crippen LogP contribution >= 0.6 is 0 Å². The van der Waals surface area contributed by atoms with E-state index in [1.807, 2.05) is 0 Å². The molecular formula is C24H43NO2. The Hall–Kier alpha value is -0.590. The van der Waals surface area contributed by atoms with E-state index in [4.69, 9.17) is 9.47 Å². The second-order valence-corrected chi connectivity index (χ2v) is 9.14. The minimum atomic E-state index is -0.0771. The summed E-state index contributed by atoms with van der Waals surface area (Å²) in [6, 6.07) is 2.62. The smallest absolute Gasteiger partial charge is 0.147 e. The summed E-state index contributed by atoms with van der Waals surface area (Å²) in [5, 5.41) is 9.59. The summed E-state index contributed by atoms with van der Waals surface area (Å²) in [5.74, 6) is 0.934. The average molecular weight is 378 g/mol. The van der Waals surface area contributed by atoms with Crippen LogP contribution in [0.25, 0.3) is 0 Å². The first-order valence-corrected chi connectivity index (χ1v) is 11.9. The van der Waals surface area contributed by atoms with Crippen molar-refractivity contribution >= 4 is 0 Å². The maximum Gasteiger partial charge on any atom is 0.147 e. The highest BCUT2D eigenvalue weighted by Gasteiger charge is 2.35. The summed E-state index contributed by atoms with van der Waals surface area (Å²) < 4.78 is 12.0. The van der Waals surface area contributed by atoms with Crippen LogP contribution in [0.3, 0.4) is 0 Å². The zero-order chi connectivity index (χ0) is 19.4. The minimum absolute atomic E-state index is 0.0771. The molecule has 0 heterocycles. The quantitative estimate of drug-likeness (QED) is 0.268. The fourth-order valence-electron chi connectivity index (χ4n) is 4.92. The van der Waals surface area contributed by atoms with Crippen molar-refractivity contribution in [3.05, 3.63) is 0 Å². The Morgan fingerprint density at radius 1 is 0.815 bits per heavy atom. The highest BCUT2D eigenvalue weighted by molar-refractivity contribution is 5.01. The van der Waals surface area contributed by atoms with Gasteiger partial charge in [0.05, 0.1) is 23.7 Å². The fourth-order valence-corrected chi connectivity index (χ4v) is 4.92. The van der Waals surface area contributed by atoms with Crippen molar-refractivity contribution in [1.82, 2.24) is 0 Å². The van der Waals surface area contributed by atoms with Crippen LogP contribution in [-0.2, 0) is 9.47 Å². The van der Waals surface area contributed by atoms with Crippen molar-refractivity contribution < 1.29 is 9.47 Å². The Morgan fingerprint density at radius 3 is 2.04 bits per heavy atom. The molecule has 0 spiro atoms. The van der Waals surface area contributed by atoms with Crippen molar-refractivity contribution in [2.45, 2.75) is 129 Å². The van der Waals surface area contributed by atoms with Crippen LogP contribution in [0.4, 0.5) is 0 Å². The molecule has 0 radical (unpaired) electrons. The van der Waals surface area contributed by atoms with Crippen LogP contribution in [0.15, 0.2) is 0 Å². The third kappa shape index (κ3) is 8.12. The summed E-state index contributed by atoms with van der Waals surface area (Å²) in [6.45, 7) is 4.94. The van der Waals surface area contributed by atoms with Crippen molar-refractivity contribution in [3.8, 4) is 6.07 Å². The molecule has 0 aromatic carbocycles. The lowest BCUT2D eigenvalue weighted by Gasteiger charge is -2.35. The molecule has 0 unspecified atom stereocenters. The monoisotopic (exact) mass is 377 g/mol. The van der Waals surface area contributed by atoms with Gasteiger partial charge in [-0.15, -0.1) is 0 Å². The molecule has 156 valence electrons. The van der Waals surface area contributed by atoms with Crippen LogP contribution in [-0.4, -0.2) is 19.0 Å². The predicted octanol–water partition coefficient (Wildman–Crippen LogP) is 7.15. The van der Waals surface area contributed by atoms with E-state index in [-0.39, 0.29) is 5.41 Å². The molecule has 0 amide bonds. The van der Waals surface area contributed by atoms with Gasteiger partial charge in [0, 0.05) is 0 Å². The van der Waals surface area contributed by atoms with E-state index in [0.717, 1.165) is 38.0 Å². The number of rotatable bonds is 12. The van der Waals surface area contributed by atoms with Gasteiger partial charge in [-0.05, 0) is 63.7 Å². The van der Waals surface area contributed by atoms with Gasteiger partial charge >= 0.3 is 0 Å². The Labute approximate surface area is 168 Å². The largest absolute Gasteiger partial charge is 0.352 e. The van der Waals surface area contributed by atoms with E-state index in [1.54, 1.807) is 0 Å². The molecule has 0 saturated heterocycles. The number of ether oxygens (including phenoxy) is 2. The lowest BCUT2D eigenvalue weighted by atomic mass is 9.71. The Morgan fingerprint density at radius 2 is 1.44 bits per heavy atom. The average Bonchev–Trinajstić information content (AvgIpc) is 2.72. The Balaban J connectivity index is 1.53. The van der Waals surface area contributed by atoms with Crippen LogP contribution in [0.2, 0.25) is 0 Å². The van der Waals surface area contributed by atoms with Gasteiger partial charge in [-0.1, -0.05) is 58.8 Å². The maximum absolute atomic E-state index is 9.59. The summed E-state index contributed by atoms with van der Waals surface area (Å²) in [4.78, 5) is 0. The summed E-state index contributed by atoms with van der Waals surface area (Å²) in [5.41, 5.74) is -0.0771. The van der Waals surface area contributed by atoms with Crippen molar-refractivity contribution in [3.63, 3.8) is 0 Å². The first-order valence-electron chi connectivity index (χ1n) is 11.9. The molecule has 0 atom stereocenters. The van der Waals surface area contributed by atoms with Crippen molar-refractivity contribution in [2.75, 3.05) is 6.79 Å². The molecule has 3 heteroatoms. The number of hydrogen-bond acceptors (Lipinski definition) is 3. The molecule has 0 N–H and O–H groups in total. The molecule has 2 aliphatic carbocycles. The molecule has 2 saturated carbocycles. The number of nitriles is 1. The van der Waals surface area contributed by atoms with Crippen LogP contribution in [0.5, 0.6) is 0 Å². The van der Waals surface area contributed by atoms with Crippen LogP contribution in [0.1, 0.15) is 117 Å². The predicted molar refractivity (Wildman–Crippen MR) is 111 cm³/mol. The highest BCUT2D eigenvalue weighted by Crippen LogP contribution is 2.41. The summed E-state index contributed by atoms with van der Waals surface area (Å²) >= 11 is 0. The third-order valence-corrected chi connectivity index (χ3v) is 7.00. The topological polar surface area (TPSA) is 42.2 Å². The minimum Gasteiger partial charge on any atom is -0.352 e. The fraction of sp³-hybridized carbons (Fsp3) is 0.958. The number of nitrogens with zero attached hydrogens (tertiary/aromatic N) is 1. The second-order valence-electron chi connectivity index (χ2n) is 9.14. The third-order valence-electron chi connectivity index (χ3n) is 7.00. The van der Waals surface area contributed by atoms with E-state index in [0.29, 0.717) is 19.0 Å². The summed E-state index contributed by atoms with van der Waals surface area (Å²) in [7, 11) is 0. The first-order chi connectivity index (χ1) is 13.2. The molecule has 0 aromatic rings. The van der Waals surface area contributed by atoms with Gasteiger partial charge in [0.1, 0.15) is 6.79 Å². The molecule has 2 fully saturated rings. The Kier molecular flexibility index (Phi) is 10.7. The normalized spacial score (nSPS) is 31.5. The molecule has 2 rings (SSSR count). The van der Waals surface area contributed by atoms with Gasteiger partial charge in [0.2, 0.25) is 0 Å². The van der Waals surface area contributed by atoms with Crippen LogP contribution in [0, 0.1) is 22.7 Å². The van der Waals surface area contributed by atoms with Gasteiger partial charge in [0.25, 0.3) is 0 Å². The molecule has 27 heavy (non-hydrogen) atoms. The zero-order valence-corrected chi connectivity index (χ0v) is 18.0. The van der Waals surface area contributed by atoms with Crippen molar-refractivity contribution in [1.29, 1.82) is 5.26 Å². The molecule has 3 nitrogen and oxygen atoms in total. The summed E-state index contributed by atoms with van der Waals surface area (Å²) in [6.07, 6.45) is 20.2. The van der Waals surface area contributed by atoms with E-state index < -0.39 is 0 Å². The van der Waals surface area contributed by atoms with Crippen LogP contribution < -0.4 is 0 Å². The van der Waals surface area contributed by atoms with E-state index in [9.17, 15) is 5.26 Å². The van der Waals surface area contributed by atoms with E-state index >= 15 is 0 Å².